The number of hydrogen-bond acceptors (Lipinski definition) is 8. The molecule has 4 rings (SSSR count). The molecular formula is C20H18ClN5O3S. The molecule has 0 radical (unpaired) electrons. The maximum Gasteiger partial charge on any atom is 0.340 e. The maximum atomic E-state index is 12.7. The van der Waals surface area contributed by atoms with Crippen LogP contribution in [-0.4, -0.2) is 47.6 Å². The lowest BCUT2D eigenvalue weighted by Gasteiger charge is -2.13. The van der Waals surface area contributed by atoms with E-state index in [1.165, 1.54) is 23.5 Å². The Morgan fingerprint density at radius 3 is 2.80 bits per heavy atom. The van der Waals surface area contributed by atoms with E-state index >= 15 is 0 Å². The van der Waals surface area contributed by atoms with Gasteiger partial charge in [0.05, 0.1) is 21.7 Å². The van der Waals surface area contributed by atoms with Crippen molar-refractivity contribution in [2.24, 2.45) is 5.73 Å². The molecule has 3 aromatic rings. The zero-order chi connectivity index (χ0) is 21.3. The summed E-state index contributed by atoms with van der Waals surface area (Å²) in [5.41, 5.74) is 4.80. The molecule has 0 atom stereocenters. The van der Waals surface area contributed by atoms with Gasteiger partial charge < -0.3 is 21.1 Å². The maximum absolute atomic E-state index is 12.7. The van der Waals surface area contributed by atoms with Gasteiger partial charge >= 0.3 is 5.97 Å². The quantitative estimate of drug-likeness (QED) is 0.278. The summed E-state index contributed by atoms with van der Waals surface area (Å²) in [6.45, 7) is 1.42. The topological polar surface area (TPSA) is 119 Å². The Hall–Kier alpha value is -3.01. The summed E-state index contributed by atoms with van der Waals surface area (Å²) >= 11 is 7.79. The zero-order valence-electron chi connectivity index (χ0n) is 15.9. The van der Waals surface area contributed by atoms with Gasteiger partial charge in [0.1, 0.15) is 5.69 Å². The first-order valence-electron chi connectivity index (χ1n) is 9.11. The van der Waals surface area contributed by atoms with E-state index in [9.17, 15) is 9.59 Å². The average molecular weight is 444 g/mol. The summed E-state index contributed by atoms with van der Waals surface area (Å²) in [4.78, 5) is 33.7. The normalized spacial score (nSPS) is 13.9. The van der Waals surface area contributed by atoms with Crippen LogP contribution in [0, 0.1) is 0 Å². The van der Waals surface area contributed by atoms with Crippen LogP contribution < -0.4 is 16.4 Å². The monoisotopic (exact) mass is 443 g/mol. The number of rotatable bonds is 8. The van der Waals surface area contributed by atoms with Crippen LogP contribution in [0.3, 0.4) is 0 Å². The number of carbonyl (C=O) groups excluding carboxylic acids is 2. The third-order valence-electron chi connectivity index (χ3n) is 4.53. The number of benzene rings is 1. The van der Waals surface area contributed by atoms with Gasteiger partial charge in [-0.15, -0.1) is 11.3 Å². The summed E-state index contributed by atoms with van der Waals surface area (Å²) in [5.74, 6) is -0.887. The Morgan fingerprint density at radius 1 is 1.30 bits per heavy atom. The lowest BCUT2D eigenvalue weighted by molar-refractivity contribution is -0.127. The van der Waals surface area contributed by atoms with E-state index in [-0.39, 0.29) is 0 Å². The minimum Gasteiger partial charge on any atom is -0.437 e. The van der Waals surface area contributed by atoms with Crippen LogP contribution in [0.25, 0.3) is 20.7 Å². The van der Waals surface area contributed by atoms with E-state index in [0.29, 0.717) is 34.2 Å². The Balaban J connectivity index is 1.66. The third-order valence-corrected chi connectivity index (χ3v) is 5.92. The molecule has 10 heteroatoms. The molecular weight excluding hydrogens is 426 g/mol. The van der Waals surface area contributed by atoms with Crippen LogP contribution in [0.5, 0.6) is 0 Å². The highest BCUT2D eigenvalue weighted by molar-refractivity contribution is 7.22. The number of anilines is 1. The van der Waals surface area contributed by atoms with Gasteiger partial charge in [0.2, 0.25) is 11.5 Å². The number of hydrogen-bond donors (Lipinski definition) is 3. The molecule has 154 valence electrons. The van der Waals surface area contributed by atoms with Crippen molar-refractivity contribution in [3.8, 4) is 10.6 Å². The lowest BCUT2D eigenvalue weighted by Crippen LogP contribution is -2.36. The molecule has 1 aliphatic rings. The number of nitrogens with one attached hydrogen (secondary N) is 2. The van der Waals surface area contributed by atoms with Crippen LogP contribution in [0.1, 0.15) is 10.4 Å². The minimum absolute atomic E-state index is 0.335. The second-order valence-corrected chi connectivity index (χ2v) is 8.12. The molecule has 0 aliphatic heterocycles. The summed E-state index contributed by atoms with van der Waals surface area (Å²) in [6, 6.07) is 7.12. The molecule has 1 aliphatic carbocycles. The van der Waals surface area contributed by atoms with Crippen molar-refractivity contribution in [3.63, 3.8) is 0 Å². The fourth-order valence-electron chi connectivity index (χ4n) is 2.85. The lowest BCUT2D eigenvalue weighted by atomic mass is 10.1. The summed E-state index contributed by atoms with van der Waals surface area (Å²) in [7, 11) is 1.86. The van der Waals surface area contributed by atoms with E-state index in [1.54, 1.807) is 18.3 Å². The van der Waals surface area contributed by atoms with E-state index in [1.807, 2.05) is 19.2 Å². The highest BCUT2D eigenvalue weighted by Crippen LogP contribution is 2.38. The number of nitrogens with zero attached hydrogens (tertiary/aromatic N) is 2. The molecule has 0 unspecified atom stereocenters. The summed E-state index contributed by atoms with van der Waals surface area (Å²) < 4.78 is 6.19. The number of thiophene rings is 1. The first kappa shape index (κ1) is 20.3. The highest BCUT2D eigenvalue weighted by atomic mass is 35.5. The molecule has 30 heavy (non-hydrogen) atoms. The fourth-order valence-corrected chi connectivity index (χ4v) is 4.19. The number of halogens is 1. The van der Waals surface area contributed by atoms with E-state index in [2.05, 4.69) is 20.6 Å². The van der Waals surface area contributed by atoms with Crippen LogP contribution in [-0.2, 0) is 9.53 Å². The smallest absolute Gasteiger partial charge is 0.340 e. The average Bonchev–Trinajstić information content (AvgIpc) is 3.38. The minimum atomic E-state index is -1.41. The third kappa shape index (κ3) is 3.87. The Kier molecular flexibility index (Phi) is 5.42. The van der Waals surface area contributed by atoms with E-state index < -0.39 is 17.5 Å². The number of esters is 1. The molecule has 2 heterocycles. The molecule has 0 spiro atoms. The number of primary amides is 1. The van der Waals surface area contributed by atoms with Crippen molar-refractivity contribution in [2.75, 3.05) is 25.5 Å². The number of nitrogens with two attached hydrogens (primary N) is 1. The number of carbonyl (C=O) groups is 2. The van der Waals surface area contributed by atoms with Crippen molar-refractivity contribution in [1.82, 2.24) is 15.3 Å². The van der Waals surface area contributed by atoms with Gasteiger partial charge in [-0.25, -0.2) is 14.8 Å². The fraction of sp³-hybridized carbons (Fsp3) is 0.200. The van der Waals surface area contributed by atoms with Crippen LogP contribution in [0.2, 0.25) is 5.02 Å². The van der Waals surface area contributed by atoms with Gasteiger partial charge in [-0.2, -0.15) is 0 Å². The van der Waals surface area contributed by atoms with E-state index in [0.717, 1.165) is 16.1 Å². The van der Waals surface area contributed by atoms with Crippen molar-refractivity contribution in [2.45, 2.75) is 5.60 Å². The molecule has 4 N–H and O–H groups in total. The molecule has 0 fully saturated rings. The zero-order valence-corrected chi connectivity index (χ0v) is 17.5. The Bertz CT molecular complexity index is 1170. The van der Waals surface area contributed by atoms with Crippen LogP contribution in [0.15, 0.2) is 42.6 Å². The van der Waals surface area contributed by atoms with Gasteiger partial charge in [-0.1, -0.05) is 17.7 Å². The van der Waals surface area contributed by atoms with Crippen LogP contribution in [0.4, 0.5) is 5.95 Å². The van der Waals surface area contributed by atoms with E-state index in [4.69, 9.17) is 22.1 Å². The van der Waals surface area contributed by atoms with Gasteiger partial charge in [-0.3, -0.25) is 4.79 Å². The number of amides is 1. The molecule has 0 bridgehead atoms. The summed E-state index contributed by atoms with van der Waals surface area (Å²) in [6.07, 6.45) is 4.45. The molecule has 1 amide bonds. The predicted molar refractivity (Wildman–Crippen MR) is 117 cm³/mol. The molecule has 0 saturated carbocycles. The molecule has 0 saturated heterocycles. The summed E-state index contributed by atoms with van der Waals surface area (Å²) in [5, 5.41) is 7.25. The number of likely N-dealkylation sites (N-methyl/N-ethyl adjacent to an activating group) is 1. The molecule has 1 aromatic carbocycles. The number of ether oxygens (including phenoxy) is 1. The predicted octanol–water partition coefficient (Wildman–Crippen LogP) is 2.59. The first-order chi connectivity index (χ1) is 14.4. The number of aromatic nitrogens is 2. The largest absolute Gasteiger partial charge is 0.437 e. The number of fused-ring (bicyclic) bond motifs is 1. The van der Waals surface area contributed by atoms with Gasteiger partial charge in [-0.05, 0) is 37.4 Å². The molecule has 2 aromatic heterocycles. The highest BCUT2D eigenvalue weighted by Gasteiger charge is 2.45. The second kappa shape index (κ2) is 8.02. The Morgan fingerprint density at radius 2 is 2.10 bits per heavy atom. The van der Waals surface area contributed by atoms with Crippen molar-refractivity contribution in [3.05, 3.63) is 53.2 Å². The SMILES string of the molecule is CNCCNc1ncc(Cl)c(-c2cc3c(C(=O)OC4(C(N)=O)C=C4)cccc3s2)n1. The van der Waals surface area contributed by atoms with Gasteiger partial charge in [0.15, 0.2) is 0 Å². The van der Waals surface area contributed by atoms with Crippen molar-refractivity contribution in [1.29, 1.82) is 0 Å². The van der Waals surface area contributed by atoms with Crippen molar-refractivity contribution >= 4 is 50.8 Å². The van der Waals surface area contributed by atoms with Crippen LogP contribution >= 0.6 is 22.9 Å². The Labute approximate surface area is 181 Å². The van der Waals surface area contributed by atoms with Crippen molar-refractivity contribution < 1.29 is 14.3 Å². The molecule has 8 nitrogen and oxygen atoms in total. The second-order valence-electron chi connectivity index (χ2n) is 6.63. The van der Waals surface area contributed by atoms with Gasteiger partial charge in [0.25, 0.3) is 5.91 Å². The first-order valence-corrected chi connectivity index (χ1v) is 10.3. The standard InChI is InChI=1S/C20H18ClN5O3S/c1-23-7-8-24-19-25-10-13(21)16(26-19)15-9-12-11(3-2-4-14(12)30-15)17(27)29-20(5-6-20)18(22)28/h2-6,9-10,23H,7-8H2,1H3,(H2,22,28)(H,24,25,26). The van der Waals surface area contributed by atoms with Gasteiger partial charge in [0, 0.05) is 23.2 Å².